The third-order valence-electron chi connectivity index (χ3n) is 4.88. The number of carbonyl (C=O) groups is 1. The molecule has 6 nitrogen and oxygen atoms in total. The normalized spacial score (nSPS) is 11.1. The first-order chi connectivity index (χ1) is 15.9. The van der Waals surface area contributed by atoms with Crippen molar-refractivity contribution in [2.45, 2.75) is 11.4 Å². The van der Waals surface area contributed by atoms with Gasteiger partial charge in [-0.2, -0.15) is 0 Å². The zero-order valence-corrected chi connectivity index (χ0v) is 19.0. The van der Waals surface area contributed by atoms with Gasteiger partial charge >= 0.3 is 0 Å². The van der Waals surface area contributed by atoms with Crippen LogP contribution in [0.4, 0.5) is 11.5 Å². The highest BCUT2D eigenvalue weighted by atomic mass is 35.5. The minimum absolute atomic E-state index is 0.0213. The molecule has 0 saturated carbocycles. The van der Waals surface area contributed by atoms with E-state index < -0.39 is 15.9 Å². The van der Waals surface area contributed by atoms with Crippen LogP contribution >= 0.6 is 11.6 Å². The van der Waals surface area contributed by atoms with Crippen LogP contribution < -0.4 is 9.62 Å². The number of para-hydroxylation sites is 1. The maximum Gasteiger partial charge on any atom is 0.264 e. The lowest BCUT2D eigenvalue weighted by Gasteiger charge is -2.26. The number of pyridine rings is 1. The Morgan fingerprint density at radius 1 is 0.879 bits per heavy atom. The molecule has 4 aromatic rings. The largest absolute Gasteiger partial charge is 0.307 e. The minimum Gasteiger partial charge on any atom is -0.307 e. The third-order valence-corrected chi connectivity index (χ3v) is 6.96. The minimum atomic E-state index is -4.05. The molecule has 0 aliphatic rings. The fraction of sp³-hybridized carbons (Fsp3) is 0.0400. The first-order valence-electron chi connectivity index (χ1n) is 10.1. The summed E-state index contributed by atoms with van der Waals surface area (Å²) in [6.07, 6.45) is 1.56. The van der Waals surface area contributed by atoms with Crippen LogP contribution in [0.15, 0.2) is 108 Å². The van der Waals surface area contributed by atoms with E-state index in [1.807, 2.05) is 30.3 Å². The van der Waals surface area contributed by atoms with Crippen molar-refractivity contribution in [2.24, 2.45) is 0 Å². The van der Waals surface area contributed by atoms with Gasteiger partial charge in [-0.15, -0.1) is 0 Å². The Balaban J connectivity index is 1.71. The molecule has 0 radical (unpaired) electrons. The molecule has 0 fully saturated rings. The number of sulfonamides is 1. The van der Waals surface area contributed by atoms with Gasteiger partial charge in [0.05, 0.1) is 22.2 Å². The smallest absolute Gasteiger partial charge is 0.264 e. The van der Waals surface area contributed by atoms with E-state index in [2.05, 4.69) is 10.3 Å². The molecule has 0 bridgehead atoms. The molecule has 3 aromatic carbocycles. The second kappa shape index (κ2) is 9.85. The Bertz CT molecular complexity index is 1360. The highest BCUT2D eigenvalue weighted by molar-refractivity contribution is 7.92. The standard InChI is InChI=1S/C25H20ClN3O3S/c26-22-13-4-5-14-23(22)29(18-19-9-2-1-3-10-19)33(31,32)21-12-8-11-20(17-21)25(30)28-24-15-6-7-16-27-24/h1-17H,18H2,(H,27,28,30). The number of nitrogens with zero attached hydrogens (tertiary/aromatic N) is 2. The van der Waals surface area contributed by atoms with Crippen molar-refractivity contribution in [3.05, 3.63) is 119 Å². The van der Waals surface area contributed by atoms with Gasteiger partial charge in [0.1, 0.15) is 5.82 Å². The van der Waals surface area contributed by atoms with Crippen molar-refractivity contribution in [1.82, 2.24) is 4.98 Å². The summed E-state index contributed by atoms with van der Waals surface area (Å²) in [4.78, 5) is 16.7. The molecule has 166 valence electrons. The average Bonchev–Trinajstić information content (AvgIpc) is 2.84. The maximum atomic E-state index is 13.7. The van der Waals surface area contributed by atoms with Crippen molar-refractivity contribution in [1.29, 1.82) is 0 Å². The molecule has 1 heterocycles. The lowest BCUT2D eigenvalue weighted by molar-refractivity contribution is 0.102. The van der Waals surface area contributed by atoms with Gasteiger partial charge in [0.15, 0.2) is 0 Å². The molecule has 0 atom stereocenters. The first-order valence-corrected chi connectivity index (χ1v) is 11.9. The van der Waals surface area contributed by atoms with Crippen LogP contribution in [0.3, 0.4) is 0 Å². The van der Waals surface area contributed by atoms with Gasteiger partial charge in [-0.1, -0.05) is 66.2 Å². The molecule has 1 aromatic heterocycles. The number of halogens is 1. The van der Waals surface area contributed by atoms with Gasteiger partial charge in [0, 0.05) is 11.8 Å². The highest BCUT2D eigenvalue weighted by Gasteiger charge is 2.27. The van der Waals surface area contributed by atoms with Crippen LogP contribution in [0.5, 0.6) is 0 Å². The molecule has 1 N–H and O–H groups in total. The summed E-state index contributed by atoms with van der Waals surface area (Å²) in [6, 6.07) is 27.0. The zero-order chi connectivity index (χ0) is 23.3. The predicted octanol–water partition coefficient (Wildman–Crippen LogP) is 5.38. The number of hydrogen-bond acceptors (Lipinski definition) is 4. The number of nitrogens with one attached hydrogen (secondary N) is 1. The molecule has 33 heavy (non-hydrogen) atoms. The zero-order valence-electron chi connectivity index (χ0n) is 17.4. The van der Waals surface area contributed by atoms with Crippen molar-refractivity contribution in [2.75, 3.05) is 9.62 Å². The molecule has 0 unspecified atom stereocenters. The van der Waals surface area contributed by atoms with Gasteiger partial charge < -0.3 is 5.32 Å². The first kappa shape index (κ1) is 22.5. The highest BCUT2D eigenvalue weighted by Crippen LogP contribution is 2.32. The summed E-state index contributed by atoms with van der Waals surface area (Å²) in [5, 5.41) is 2.97. The van der Waals surface area contributed by atoms with Crippen molar-refractivity contribution in [3.8, 4) is 0 Å². The van der Waals surface area contributed by atoms with Crippen LogP contribution in [-0.4, -0.2) is 19.3 Å². The molecular formula is C25H20ClN3O3S. The second-order valence-corrected chi connectivity index (χ2v) is 9.42. The Labute approximate surface area is 197 Å². The van der Waals surface area contributed by atoms with E-state index in [1.54, 1.807) is 54.7 Å². The van der Waals surface area contributed by atoms with E-state index in [0.717, 1.165) is 5.56 Å². The van der Waals surface area contributed by atoms with E-state index in [-0.39, 0.29) is 17.0 Å². The summed E-state index contributed by atoms with van der Waals surface area (Å²) in [5.41, 5.74) is 1.34. The third kappa shape index (κ3) is 5.22. The number of amides is 1. The number of hydrogen-bond donors (Lipinski definition) is 1. The number of carbonyl (C=O) groups excluding carboxylic acids is 1. The summed E-state index contributed by atoms with van der Waals surface area (Å²) in [6.45, 7) is 0.0806. The van der Waals surface area contributed by atoms with E-state index in [4.69, 9.17) is 11.6 Å². The van der Waals surface area contributed by atoms with Crippen LogP contribution in [0.25, 0.3) is 0 Å². The monoisotopic (exact) mass is 477 g/mol. The van der Waals surface area contributed by atoms with E-state index in [9.17, 15) is 13.2 Å². The Morgan fingerprint density at radius 2 is 1.61 bits per heavy atom. The van der Waals surface area contributed by atoms with E-state index in [1.165, 1.54) is 22.5 Å². The predicted molar refractivity (Wildman–Crippen MR) is 130 cm³/mol. The average molecular weight is 478 g/mol. The summed E-state index contributed by atoms with van der Waals surface area (Å²) >= 11 is 6.37. The number of aromatic nitrogens is 1. The SMILES string of the molecule is O=C(Nc1ccccn1)c1cccc(S(=O)(=O)N(Cc2ccccc2)c2ccccc2Cl)c1. The van der Waals surface area contributed by atoms with Crippen molar-refractivity contribution in [3.63, 3.8) is 0 Å². The summed E-state index contributed by atoms with van der Waals surface area (Å²) < 4.78 is 28.7. The fourth-order valence-electron chi connectivity index (χ4n) is 3.25. The molecule has 0 spiro atoms. The molecule has 4 rings (SSSR count). The summed E-state index contributed by atoms with van der Waals surface area (Å²) in [5.74, 6) is -0.0874. The molecular weight excluding hydrogens is 458 g/mol. The van der Waals surface area contributed by atoms with Crippen LogP contribution in [0.2, 0.25) is 5.02 Å². The molecule has 0 aliphatic heterocycles. The van der Waals surface area contributed by atoms with Crippen LogP contribution in [0.1, 0.15) is 15.9 Å². The number of anilines is 2. The Kier molecular flexibility index (Phi) is 6.72. The van der Waals surface area contributed by atoms with Gasteiger partial charge in [-0.25, -0.2) is 13.4 Å². The number of benzene rings is 3. The number of rotatable bonds is 7. The van der Waals surface area contributed by atoms with Gasteiger partial charge in [-0.05, 0) is 48.0 Å². The Hall–Kier alpha value is -3.68. The lowest BCUT2D eigenvalue weighted by atomic mass is 10.2. The summed E-state index contributed by atoms with van der Waals surface area (Å²) in [7, 11) is -4.05. The molecule has 8 heteroatoms. The van der Waals surface area contributed by atoms with E-state index >= 15 is 0 Å². The molecule has 0 saturated heterocycles. The molecule has 0 aliphatic carbocycles. The second-order valence-electron chi connectivity index (χ2n) is 7.15. The van der Waals surface area contributed by atoms with Crippen molar-refractivity contribution < 1.29 is 13.2 Å². The Morgan fingerprint density at radius 3 is 2.33 bits per heavy atom. The van der Waals surface area contributed by atoms with Crippen molar-refractivity contribution >= 4 is 39.0 Å². The maximum absolute atomic E-state index is 13.7. The van der Waals surface area contributed by atoms with Crippen LogP contribution in [-0.2, 0) is 16.6 Å². The van der Waals surface area contributed by atoms with Gasteiger partial charge in [-0.3, -0.25) is 9.10 Å². The molecule has 1 amide bonds. The lowest BCUT2D eigenvalue weighted by Crippen LogP contribution is -2.31. The topological polar surface area (TPSA) is 79.4 Å². The van der Waals surface area contributed by atoms with Gasteiger partial charge in [0.2, 0.25) is 0 Å². The van der Waals surface area contributed by atoms with E-state index in [0.29, 0.717) is 16.5 Å². The quantitative estimate of drug-likeness (QED) is 0.387. The fourth-order valence-corrected chi connectivity index (χ4v) is 5.06. The van der Waals surface area contributed by atoms with Gasteiger partial charge in [0.25, 0.3) is 15.9 Å². The van der Waals surface area contributed by atoms with Crippen LogP contribution in [0, 0.1) is 0 Å².